The number of thiophene rings is 1. The van der Waals surface area contributed by atoms with Crippen LogP contribution < -0.4 is 22.4 Å². The van der Waals surface area contributed by atoms with Gasteiger partial charge in [0.2, 0.25) is 5.91 Å². The Morgan fingerprint density at radius 2 is 1.65 bits per heavy atom. The SMILES string of the molecule is C=CCn1c(=O)n(CC=C)c(=O)n(CC(=O)N[C@@H](C)c2cccs2)c1=O. The molecular formula is C17H20N4O4S. The zero-order valence-electron chi connectivity index (χ0n) is 14.4. The normalized spacial score (nSPS) is 11.7. The second-order valence-electron chi connectivity index (χ2n) is 5.54. The monoisotopic (exact) mass is 376 g/mol. The van der Waals surface area contributed by atoms with Gasteiger partial charge in [0.15, 0.2) is 0 Å². The first-order valence-corrected chi connectivity index (χ1v) is 8.77. The van der Waals surface area contributed by atoms with Crippen molar-refractivity contribution in [1.82, 2.24) is 19.0 Å². The molecule has 1 amide bonds. The van der Waals surface area contributed by atoms with Crippen LogP contribution in [0.4, 0.5) is 0 Å². The third kappa shape index (κ3) is 3.99. The highest BCUT2D eigenvalue weighted by Gasteiger charge is 2.18. The molecule has 0 saturated carbocycles. The number of hydrogen-bond acceptors (Lipinski definition) is 5. The third-order valence-electron chi connectivity index (χ3n) is 3.66. The predicted octanol–water partition coefficient (Wildman–Crippen LogP) is 0.483. The summed E-state index contributed by atoms with van der Waals surface area (Å²) in [5.41, 5.74) is -2.46. The Balaban J connectivity index is 2.38. The summed E-state index contributed by atoms with van der Waals surface area (Å²) in [5.74, 6) is -0.501. The van der Waals surface area contributed by atoms with E-state index in [1.54, 1.807) is 6.92 Å². The minimum Gasteiger partial charge on any atom is -0.347 e. The maximum Gasteiger partial charge on any atom is 0.337 e. The van der Waals surface area contributed by atoms with Gasteiger partial charge < -0.3 is 5.32 Å². The van der Waals surface area contributed by atoms with Gasteiger partial charge in [-0.2, -0.15) is 0 Å². The number of nitrogens with zero attached hydrogens (tertiary/aromatic N) is 3. The number of carbonyl (C=O) groups is 1. The zero-order valence-corrected chi connectivity index (χ0v) is 15.2. The van der Waals surface area contributed by atoms with E-state index in [2.05, 4.69) is 18.5 Å². The Hall–Kier alpha value is -2.94. The molecule has 2 aromatic heterocycles. The second-order valence-corrected chi connectivity index (χ2v) is 6.52. The van der Waals surface area contributed by atoms with Crippen molar-refractivity contribution in [2.24, 2.45) is 0 Å². The van der Waals surface area contributed by atoms with Gasteiger partial charge in [-0.3, -0.25) is 4.79 Å². The fraction of sp³-hybridized carbons (Fsp3) is 0.294. The van der Waals surface area contributed by atoms with Gasteiger partial charge in [0.25, 0.3) is 0 Å². The standard InChI is InChI=1S/C17H20N4O4S/c1-4-8-19-15(23)20(9-5-2)17(25)21(16(19)24)11-14(22)18-12(3)13-7-6-10-26-13/h4-7,10,12H,1-2,8-9,11H2,3H3,(H,18,22)/t12-/m0/s1. The first kappa shape index (κ1) is 19.4. The lowest BCUT2D eigenvalue weighted by Gasteiger charge is -2.14. The van der Waals surface area contributed by atoms with Gasteiger partial charge >= 0.3 is 17.1 Å². The van der Waals surface area contributed by atoms with Crippen LogP contribution in [0.25, 0.3) is 0 Å². The average molecular weight is 376 g/mol. The first-order chi connectivity index (χ1) is 12.4. The van der Waals surface area contributed by atoms with E-state index in [-0.39, 0.29) is 19.1 Å². The molecule has 2 heterocycles. The summed E-state index contributed by atoms with van der Waals surface area (Å²) in [7, 11) is 0. The van der Waals surface area contributed by atoms with Crippen LogP contribution in [0.2, 0.25) is 0 Å². The second kappa shape index (κ2) is 8.43. The molecule has 0 fully saturated rings. The first-order valence-electron chi connectivity index (χ1n) is 7.89. The maximum absolute atomic E-state index is 12.5. The quantitative estimate of drug-likeness (QED) is 0.678. The van der Waals surface area contributed by atoms with Crippen LogP contribution in [0, 0.1) is 0 Å². The highest BCUT2D eigenvalue weighted by molar-refractivity contribution is 7.10. The molecule has 1 N–H and O–H groups in total. The Kier molecular flexibility index (Phi) is 6.29. The summed E-state index contributed by atoms with van der Waals surface area (Å²) in [6.07, 6.45) is 2.74. The van der Waals surface area contributed by atoms with Gasteiger partial charge in [-0.15, -0.1) is 24.5 Å². The van der Waals surface area contributed by atoms with E-state index in [0.717, 1.165) is 18.6 Å². The third-order valence-corrected chi connectivity index (χ3v) is 4.71. The Bertz CT molecular complexity index is 933. The molecule has 0 bridgehead atoms. The van der Waals surface area contributed by atoms with Crippen LogP contribution in [0.5, 0.6) is 0 Å². The van der Waals surface area contributed by atoms with Crippen molar-refractivity contribution >= 4 is 17.2 Å². The highest BCUT2D eigenvalue weighted by Crippen LogP contribution is 2.17. The van der Waals surface area contributed by atoms with E-state index in [4.69, 9.17) is 0 Å². The molecule has 0 saturated heterocycles. The molecule has 0 unspecified atom stereocenters. The molecule has 0 aromatic carbocycles. The summed E-state index contributed by atoms with van der Waals surface area (Å²) >= 11 is 1.49. The molecule has 26 heavy (non-hydrogen) atoms. The van der Waals surface area contributed by atoms with Gasteiger partial charge in [-0.1, -0.05) is 18.2 Å². The van der Waals surface area contributed by atoms with E-state index in [1.165, 1.54) is 23.5 Å². The van der Waals surface area contributed by atoms with E-state index < -0.39 is 29.5 Å². The lowest BCUT2D eigenvalue weighted by atomic mass is 10.3. The van der Waals surface area contributed by atoms with E-state index in [9.17, 15) is 19.2 Å². The van der Waals surface area contributed by atoms with E-state index in [1.807, 2.05) is 17.5 Å². The predicted molar refractivity (Wildman–Crippen MR) is 100 cm³/mol. The van der Waals surface area contributed by atoms with E-state index in [0.29, 0.717) is 0 Å². The molecule has 2 aromatic rings. The molecule has 0 radical (unpaired) electrons. The summed E-state index contributed by atoms with van der Waals surface area (Å²) in [4.78, 5) is 50.5. The number of carbonyl (C=O) groups excluding carboxylic acids is 1. The van der Waals surface area contributed by atoms with Crippen LogP contribution in [-0.4, -0.2) is 19.6 Å². The fourth-order valence-electron chi connectivity index (χ4n) is 2.43. The van der Waals surface area contributed by atoms with Crippen molar-refractivity contribution in [1.29, 1.82) is 0 Å². The molecule has 0 spiro atoms. The van der Waals surface area contributed by atoms with Gasteiger partial charge in [-0.05, 0) is 18.4 Å². The van der Waals surface area contributed by atoms with Crippen molar-refractivity contribution in [3.8, 4) is 0 Å². The summed E-state index contributed by atoms with van der Waals surface area (Å²) < 4.78 is 2.45. The molecule has 8 nitrogen and oxygen atoms in total. The molecule has 0 aliphatic rings. The number of allylic oxidation sites excluding steroid dienone is 2. The number of hydrogen-bond donors (Lipinski definition) is 1. The topological polar surface area (TPSA) is 95.1 Å². The van der Waals surface area contributed by atoms with Crippen molar-refractivity contribution in [3.63, 3.8) is 0 Å². The minimum absolute atomic E-state index is 0.0672. The number of rotatable bonds is 8. The Labute approximate surface area is 153 Å². The summed E-state index contributed by atoms with van der Waals surface area (Å²) in [6, 6.07) is 3.49. The van der Waals surface area contributed by atoms with Gasteiger partial charge in [0.05, 0.1) is 19.1 Å². The molecule has 2 rings (SSSR count). The van der Waals surface area contributed by atoms with Gasteiger partial charge in [0, 0.05) is 4.88 Å². The van der Waals surface area contributed by atoms with Crippen LogP contribution >= 0.6 is 11.3 Å². The summed E-state index contributed by atoms with van der Waals surface area (Å²) in [5, 5.41) is 4.63. The molecule has 0 aliphatic carbocycles. The van der Waals surface area contributed by atoms with Crippen LogP contribution in [0.3, 0.4) is 0 Å². The van der Waals surface area contributed by atoms with E-state index >= 15 is 0 Å². The Morgan fingerprint density at radius 1 is 1.12 bits per heavy atom. The largest absolute Gasteiger partial charge is 0.347 e. The maximum atomic E-state index is 12.5. The van der Waals surface area contributed by atoms with Crippen LogP contribution in [0.15, 0.2) is 57.2 Å². The molecular weight excluding hydrogens is 356 g/mol. The highest BCUT2D eigenvalue weighted by atomic mass is 32.1. The van der Waals surface area contributed by atoms with Crippen molar-refractivity contribution in [2.45, 2.75) is 32.6 Å². The molecule has 0 aliphatic heterocycles. The molecule has 9 heteroatoms. The fourth-order valence-corrected chi connectivity index (χ4v) is 3.16. The molecule has 1 atom stereocenters. The van der Waals surface area contributed by atoms with Crippen molar-refractivity contribution in [3.05, 3.63) is 79.2 Å². The zero-order chi connectivity index (χ0) is 19.3. The minimum atomic E-state index is -0.848. The van der Waals surface area contributed by atoms with Gasteiger partial charge in [-0.25, -0.2) is 28.1 Å². The van der Waals surface area contributed by atoms with Gasteiger partial charge in [0.1, 0.15) is 6.54 Å². The van der Waals surface area contributed by atoms with Crippen molar-refractivity contribution in [2.75, 3.05) is 0 Å². The lowest BCUT2D eigenvalue weighted by molar-refractivity contribution is -0.122. The number of amides is 1. The van der Waals surface area contributed by atoms with Crippen LogP contribution in [0.1, 0.15) is 17.8 Å². The smallest absolute Gasteiger partial charge is 0.337 e. The number of nitrogens with one attached hydrogen (secondary N) is 1. The Morgan fingerprint density at radius 3 is 2.12 bits per heavy atom. The summed E-state index contributed by atoms with van der Waals surface area (Å²) in [6.45, 7) is 8.19. The average Bonchev–Trinajstić information content (AvgIpc) is 3.14. The van der Waals surface area contributed by atoms with Crippen molar-refractivity contribution < 1.29 is 4.79 Å². The van der Waals surface area contributed by atoms with Crippen LogP contribution in [-0.2, 0) is 24.4 Å². The lowest BCUT2D eigenvalue weighted by Crippen LogP contribution is -2.55. The molecule has 138 valence electrons. The number of aromatic nitrogens is 3.